The maximum absolute atomic E-state index is 13.7. The first-order valence-corrected chi connectivity index (χ1v) is 12.9. The van der Waals surface area contributed by atoms with Crippen molar-refractivity contribution in [3.8, 4) is 11.5 Å². The minimum absolute atomic E-state index is 0.0268. The van der Waals surface area contributed by atoms with Crippen LogP contribution in [-0.2, 0) is 9.47 Å². The van der Waals surface area contributed by atoms with E-state index in [0.717, 1.165) is 35.3 Å². The molecular weight excluding hydrogens is 458 g/mol. The van der Waals surface area contributed by atoms with Gasteiger partial charge in [0, 0.05) is 11.8 Å². The Kier molecular flexibility index (Phi) is 6.58. The standard InChI is InChI=1S/C29H35NO6/c1-18(2)23-12-10-19(3)15-29(23,20(4)21-8-6-5-7-9-21)36-28(32)30-16-26(35-27(30)31)22-11-13-24-25(14-22)34-17-33-24/h5-9,11,13-14,18-20,23,26H,10,12,15-17H2,1-4H3/t19?,20?,23?,26-,29-/m1/s1. The lowest BCUT2D eigenvalue weighted by Crippen LogP contribution is -2.54. The normalized spacial score (nSPS) is 28.2. The summed E-state index contributed by atoms with van der Waals surface area (Å²) in [5.41, 5.74) is 1.16. The number of fused-ring (bicyclic) bond motifs is 1. The molecule has 1 aliphatic carbocycles. The number of hydrogen-bond acceptors (Lipinski definition) is 6. The third-order valence-electron chi connectivity index (χ3n) is 8.18. The second kappa shape index (κ2) is 9.68. The first-order chi connectivity index (χ1) is 17.3. The number of amides is 2. The van der Waals surface area contributed by atoms with Gasteiger partial charge in [0.25, 0.3) is 0 Å². The average Bonchev–Trinajstić information content (AvgIpc) is 3.49. The molecule has 36 heavy (non-hydrogen) atoms. The van der Waals surface area contributed by atoms with Crippen LogP contribution in [0.2, 0.25) is 0 Å². The maximum atomic E-state index is 13.7. The van der Waals surface area contributed by atoms with Gasteiger partial charge in [-0.2, -0.15) is 0 Å². The van der Waals surface area contributed by atoms with E-state index in [2.05, 4.69) is 39.8 Å². The highest BCUT2D eigenvalue weighted by Gasteiger charge is 2.53. The fraction of sp³-hybridized carbons (Fsp3) is 0.517. The van der Waals surface area contributed by atoms with E-state index in [9.17, 15) is 9.59 Å². The number of nitrogens with zero attached hydrogens (tertiary/aromatic N) is 1. The number of carbonyl (C=O) groups excluding carboxylic acids is 2. The van der Waals surface area contributed by atoms with E-state index in [1.165, 1.54) is 0 Å². The monoisotopic (exact) mass is 493 g/mol. The Morgan fingerprint density at radius 1 is 1.06 bits per heavy atom. The molecule has 0 radical (unpaired) electrons. The Morgan fingerprint density at radius 2 is 1.81 bits per heavy atom. The van der Waals surface area contributed by atoms with Gasteiger partial charge in [0.2, 0.25) is 6.79 Å². The second-order valence-electron chi connectivity index (χ2n) is 10.8. The summed E-state index contributed by atoms with van der Waals surface area (Å²) in [4.78, 5) is 27.6. The van der Waals surface area contributed by atoms with Gasteiger partial charge in [-0.3, -0.25) is 0 Å². The summed E-state index contributed by atoms with van der Waals surface area (Å²) in [5, 5.41) is 0. The first-order valence-electron chi connectivity index (χ1n) is 12.9. The lowest BCUT2D eigenvalue weighted by molar-refractivity contribution is -0.108. The van der Waals surface area contributed by atoms with E-state index in [4.69, 9.17) is 18.9 Å². The summed E-state index contributed by atoms with van der Waals surface area (Å²) in [6.45, 7) is 9.01. The highest BCUT2D eigenvalue weighted by atomic mass is 16.7. The Balaban J connectivity index is 1.41. The summed E-state index contributed by atoms with van der Waals surface area (Å²) >= 11 is 0. The molecule has 0 N–H and O–H groups in total. The Morgan fingerprint density at radius 3 is 2.56 bits per heavy atom. The third-order valence-corrected chi connectivity index (χ3v) is 8.18. The number of rotatable bonds is 5. The van der Waals surface area contributed by atoms with Crippen molar-refractivity contribution in [2.45, 2.75) is 64.6 Å². The van der Waals surface area contributed by atoms with Crippen LogP contribution < -0.4 is 9.47 Å². The predicted molar refractivity (Wildman–Crippen MR) is 134 cm³/mol. The van der Waals surface area contributed by atoms with Gasteiger partial charge < -0.3 is 18.9 Å². The van der Waals surface area contributed by atoms with E-state index in [1.807, 2.05) is 24.3 Å². The minimum Gasteiger partial charge on any atom is -0.454 e. The molecule has 2 aromatic rings. The molecule has 2 fully saturated rings. The van der Waals surface area contributed by atoms with Crippen LogP contribution in [0, 0.1) is 17.8 Å². The molecule has 5 atom stereocenters. The van der Waals surface area contributed by atoms with E-state index < -0.39 is 23.9 Å². The third kappa shape index (κ3) is 4.40. The van der Waals surface area contributed by atoms with Crippen LogP contribution in [0.25, 0.3) is 0 Å². The van der Waals surface area contributed by atoms with Gasteiger partial charge in [-0.25, -0.2) is 14.5 Å². The van der Waals surface area contributed by atoms with E-state index in [-0.39, 0.29) is 25.2 Å². The molecule has 3 aliphatic rings. The highest BCUT2D eigenvalue weighted by Crippen LogP contribution is 2.51. The molecule has 7 heteroatoms. The SMILES string of the molecule is CC1CCC(C(C)C)[C@](OC(=O)N2C[C@H](c3ccc4c(c3)OCO4)OC2=O)(C(C)c2ccccc2)C1. The molecule has 0 spiro atoms. The highest BCUT2D eigenvalue weighted by molar-refractivity contribution is 5.89. The lowest BCUT2D eigenvalue weighted by Gasteiger charge is -2.51. The number of hydrogen-bond donors (Lipinski definition) is 0. The predicted octanol–water partition coefficient (Wildman–Crippen LogP) is 6.68. The Bertz CT molecular complexity index is 1120. The fourth-order valence-corrected chi connectivity index (χ4v) is 6.25. The number of cyclic esters (lactones) is 1. The largest absolute Gasteiger partial charge is 0.454 e. The van der Waals surface area contributed by atoms with Crippen molar-refractivity contribution in [2.24, 2.45) is 17.8 Å². The van der Waals surface area contributed by atoms with Crippen LogP contribution in [0.15, 0.2) is 48.5 Å². The molecule has 2 heterocycles. The topological polar surface area (TPSA) is 74.3 Å². The molecule has 5 rings (SSSR count). The molecule has 0 aromatic heterocycles. The van der Waals surface area contributed by atoms with Crippen molar-refractivity contribution in [1.82, 2.24) is 4.90 Å². The molecule has 7 nitrogen and oxygen atoms in total. The van der Waals surface area contributed by atoms with Crippen molar-refractivity contribution in [3.05, 3.63) is 59.7 Å². The van der Waals surface area contributed by atoms with Crippen LogP contribution in [-0.4, -0.2) is 36.0 Å². The van der Waals surface area contributed by atoms with Crippen molar-refractivity contribution >= 4 is 12.2 Å². The van der Waals surface area contributed by atoms with E-state index in [1.54, 1.807) is 12.1 Å². The van der Waals surface area contributed by atoms with Crippen molar-refractivity contribution in [3.63, 3.8) is 0 Å². The molecule has 192 valence electrons. The Labute approximate surface area is 212 Å². The van der Waals surface area contributed by atoms with Gasteiger partial charge in [0.1, 0.15) is 11.7 Å². The van der Waals surface area contributed by atoms with Crippen LogP contribution >= 0.6 is 0 Å². The van der Waals surface area contributed by atoms with Crippen LogP contribution in [0.1, 0.15) is 70.1 Å². The van der Waals surface area contributed by atoms with Crippen molar-refractivity contribution in [2.75, 3.05) is 13.3 Å². The zero-order valence-electron chi connectivity index (χ0n) is 21.4. The molecule has 2 amide bonds. The molecule has 0 bridgehead atoms. The van der Waals surface area contributed by atoms with Gasteiger partial charge >= 0.3 is 12.2 Å². The Hall–Kier alpha value is -3.22. The molecule has 2 aliphatic heterocycles. The first kappa shape index (κ1) is 24.5. The van der Waals surface area contributed by atoms with Crippen molar-refractivity contribution in [1.29, 1.82) is 0 Å². The van der Waals surface area contributed by atoms with E-state index >= 15 is 0 Å². The number of benzene rings is 2. The number of carbonyl (C=O) groups is 2. The minimum atomic E-state index is -0.721. The molecule has 3 unspecified atom stereocenters. The second-order valence-corrected chi connectivity index (χ2v) is 10.8. The summed E-state index contributed by atoms with van der Waals surface area (Å²) < 4.78 is 22.9. The molecular formula is C29H35NO6. The van der Waals surface area contributed by atoms with E-state index in [0.29, 0.717) is 23.3 Å². The molecule has 1 saturated carbocycles. The van der Waals surface area contributed by atoms with Gasteiger partial charge in [-0.1, -0.05) is 70.5 Å². The van der Waals surface area contributed by atoms with Crippen LogP contribution in [0.5, 0.6) is 11.5 Å². The van der Waals surface area contributed by atoms with Crippen LogP contribution in [0.3, 0.4) is 0 Å². The maximum Gasteiger partial charge on any atom is 0.420 e. The van der Waals surface area contributed by atoms with Gasteiger partial charge in [-0.15, -0.1) is 0 Å². The quantitative estimate of drug-likeness (QED) is 0.463. The average molecular weight is 494 g/mol. The fourth-order valence-electron chi connectivity index (χ4n) is 6.25. The summed E-state index contributed by atoms with van der Waals surface area (Å²) in [6.07, 6.45) is 0.926. The zero-order chi connectivity index (χ0) is 25.4. The summed E-state index contributed by atoms with van der Waals surface area (Å²) in [5.74, 6) is 2.14. The number of imide groups is 1. The number of ether oxygens (including phenoxy) is 4. The molecule has 1 saturated heterocycles. The summed E-state index contributed by atoms with van der Waals surface area (Å²) in [7, 11) is 0. The molecule has 2 aromatic carbocycles. The van der Waals surface area contributed by atoms with Crippen molar-refractivity contribution < 1.29 is 28.5 Å². The van der Waals surface area contributed by atoms with Gasteiger partial charge in [0.15, 0.2) is 11.5 Å². The lowest BCUT2D eigenvalue weighted by atomic mass is 9.61. The smallest absolute Gasteiger partial charge is 0.420 e. The van der Waals surface area contributed by atoms with Gasteiger partial charge in [-0.05, 0) is 47.9 Å². The van der Waals surface area contributed by atoms with Crippen LogP contribution in [0.4, 0.5) is 9.59 Å². The zero-order valence-corrected chi connectivity index (χ0v) is 21.4. The van der Waals surface area contributed by atoms with Gasteiger partial charge in [0.05, 0.1) is 6.54 Å². The summed E-state index contributed by atoms with van der Waals surface area (Å²) in [6, 6.07) is 15.6.